The van der Waals surface area contributed by atoms with Crippen molar-refractivity contribution in [2.24, 2.45) is 5.92 Å². The van der Waals surface area contributed by atoms with Gasteiger partial charge < -0.3 is 10.4 Å². The number of halogens is 2. The van der Waals surface area contributed by atoms with Gasteiger partial charge in [-0.05, 0) is 36.5 Å². The first-order valence-electron chi connectivity index (χ1n) is 6.78. The Labute approximate surface area is 118 Å². The van der Waals surface area contributed by atoms with E-state index in [-0.39, 0.29) is 30.9 Å². The van der Waals surface area contributed by atoms with Crippen LogP contribution in [0.25, 0.3) is 0 Å². The fourth-order valence-electron chi connectivity index (χ4n) is 1.94. The molecule has 1 unspecified atom stereocenters. The lowest BCUT2D eigenvalue weighted by Crippen LogP contribution is -2.39. The van der Waals surface area contributed by atoms with Crippen molar-refractivity contribution in [1.82, 2.24) is 5.32 Å². The van der Waals surface area contributed by atoms with Crippen LogP contribution in [0.5, 0.6) is 0 Å². The predicted octanol–water partition coefficient (Wildman–Crippen LogP) is 2.42. The van der Waals surface area contributed by atoms with Gasteiger partial charge in [0.2, 0.25) is 5.91 Å². The third-order valence-electron chi connectivity index (χ3n) is 3.22. The Hall–Kier alpha value is -1.49. The van der Waals surface area contributed by atoms with Gasteiger partial charge in [0.25, 0.3) is 0 Å². The van der Waals surface area contributed by atoms with Crippen molar-refractivity contribution in [1.29, 1.82) is 0 Å². The van der Waals surface area contributed by atoms with Crippen LogP contribution in [0, 0.1) is 17.6 Å². The van der Waals surface area contributed by atoms with Crippen molar-refractivity contribution in [3.05, 3.63) is 35.4 Å². The maximum absolute atomic E-state index is 13.0. The van der Waals surface area contributed by atoms with E-state index in [0.29, 0.717) is 18.4 Å². The van der Waals surface area contributed by atoms with Crippen LogP contribution < -0.4 is 5.32 Å². The van der Waals surface area contributed by atoms with E-state index in [4.69, 9.17) is 5.11 Å². The largest absolute Gasteiger partial charge is 0.396 e. The van der Waals surface area contributed by atoms with Crippen LogP contribution in [-0.4, -0.2) is 23.7 Å². The minimum absolute atomic E-state index is 0.0201. The molecule has 1 amide bonds. The molecule has 3 nitrogen and oxygen atoms in total. The molecule has 1 rings (SSSR count). The number of aliphatic hydroxyl groups is 1. The molecule has 1 aromatic rings. The summed E-state index contributed by atoms with van der Waals surface area (Å²) in [4.78, 5) is 11.8. The third kappa shape index (κ3) is 5.25. The topological polar surface area (TPSA) is 49.3 Å². The molecule has 0 aliphatic carbocycles. The molecule has 0 saturated carbocycles. The molecule has 112 valence electrons. The van der Waals surface area contributed by atoms with Gasteiger partial charge in [-0.15, -0.1) is 0 Å². The summed E-state index contributed by atoms with van der Waals surface area (Å²) in [6, 6.07) is 3.57. The number of carbonyl (C=O) groups is 1. The van der Waals surface area contributed by atoms with Gasteiger partial charge in [-0.2, -0.15) is 0 Å². The third-order valence-corrected chi connectivity index (χ3v) is 3.22. The highest BCUT2D eigenvalue weighted by Gasteiger charge is 2.15. The number of aryl methyl sites for hydroxylation is 1. The summed E-state index contributed by atoms with van der Waals surface area (Å²) in [5, 5.41) is 11.8. The Kier molecular flexibility index (Phi) is 6.58. The summed E-state index contributed by atoms with van der Waals surface area (Å²) in [7, 11) is 0. The van der Waals surface area contributed by atoms with Gasteiger partial charge in [0.05, 0.1) is 0 Å². The lowest BCUT2D eigenvalue weighted by Gasteiger charge is -2.21. The van der Waals surface area contributed by atoms with Crippen LogP contribution in [-0.2, 0) is 11.2 Å². The average Bonchev–Trinajstić information content (AvgIpc) is 2.39. The second-order valence-corrected chi connectivity index (χ2v) is 5.18. The molecule has 0 bridgehead atoms. The highest BCUT2D eigenvalue weighted by atomic mass is 19.2. The fourth-order valence-corrected chi connectivity index (χ4v) is 1.94. The van der Waals surface area contributed by atoms with Gasteiger partial charge >= 0.3 is 0 Å². The van der Waals surface area contributed by atoms with E-state index in [0.717, 1.165) is 12.1 Å². The van der Waals surface area contributed by atoms with Crippen molar-refractivity contribution in [2.45, 2.75) is 39.2 Å². The lowest BCUT2D eigenvalue weighted by atomic mass is 10.0. The monoisotopic (exact) mass is 285 g/mol. The van der Waals surface area contributed by atoms with E-state index in [1.165, 1.54) is 6.07 Å². The first kappa shape index (κ1) is 16.6. The van der Waals surface area contributed by atoms with E-state index < -0.39 is 11.6 Å². The molecular formula is C15H21F2NO2. The molecule has 0 aliphatic rings. The highest BCUT2D eigenvalue weighted by molar-refractivity contribution is 5.76. The van der Waals surface area contributed by atoms with Crippen molar-refractivity contribution in [3.8, 4) is 0 Å². The zero-order valence-corrected chi connectivity index (χ0v) is 11.8. The number of hydrogen-bond donors (Lipinski definition) is 2. The number of hydrogen-bond acceptors (Lipinski definition) is 2. The predicted molar refractivity (Wildman–Crippen MR) is 73.2 cm³/mol. The number of carbonyl (C=O) groups excluding carboxylic acids is 1. The molecule has 0 fully saturated rings. The van der Waals surface area contributed by atoms with E-state index in [9.17, 15) is 13.6 Å². The van der Waals surface area contributed by atoms with Gasteiger partial charge in [0, 0.05) is 19.1 Å². The summed E-state index contributed by atoms with van der Waals surface area (Å²) < 4.78 is 25.8. The minimum atomic E-state index is -0.900. The van der Waals surface area contributed by atoms with Crippen LogP contribution in [0.2, 0.25) is 0 Å². The van der Waals surface area contributed by atoms with Gasteiger partial charge in [-0.25, -0.2) is 8.78 Å². The molecule has 20 heavy (non-hydrogen) atoms. The molecule has 5 heteroatoms. The molecule has 2 N–H and O–H groups in total. The van der Waals surface area contributed by atoms with Gasteiger partial charge in [0.1, 0.15) is 0 Å². The smallest absolute Gasteiger partial charge is 0.220 e. The number of benzene rings is 1. The van der Waals surface area contributed by atoms with Crippen LogP contribution >= 0.6 is 0 Å². The van der Waals surface area contributed by atoms with Crippen LogP contribution in [0.4, 0.5) is 8.78 Å². The van der Waals surface area contributed by atoms with Gasteiger partial charge in [-0.1, -0.05) is 19.9 Å². The first-order chi connectivity index (χ1) is 9.43. The summed E-state index contributed by atoms with van der Waals surface area (Å²) in [5.41, 5.74) is 0.585. The minimum Gasteiger partial charge on any atom is -0.396 e. The molecule has 0 aliphatic heterocycles. The Morgan fingerprint density at radius 3 is 2.55 bits per heavy atom. The van der Waals surface area contributed by atoms with E-state index in [2.05, 4.69) is 5.32 Å². The lowest BCUT2D eigenvalue weighted by molar-refractivity contribution is -0.122. The summed E-state index contributed by atoms with van der Waals surface area (Å²) in [6.07, 6.45) is 1.07. The first-order valence-corrected chi connectivity index (χ1v) is 6.78. The van der Waals surface area contributed by atoms with Crippen LogP contribution in [0.3, 0.4) is 0 Å². The quantitative estimate of drug-likeness (QED) is 0.808. The molecule has 1 aromatic carbocycles. The zero-order chi connectivity index (χ0) is 15.1. The van der Waals surface area contributed by atoms with Crippen molar-refractivity contribution >= 4 is 5.91 Å². The normalized spacial score (nSPS) is 12.5. The standard InChI is InChI=1S/C15H21F2NO2/c1-10(2)14(7-8-19)18-15(20)6-4-11-3-5-12(16)13(17)9-11/h3,5,9-10,14,19H,4,6-8H2,1-2H3,(H,18,20). The number of nitrogens with one attached hydrogen (secondary N) is 1. The zero-order valence-electron chi connectivity index (χ0n) is 11.8. The summed E-state index contributed by atoms with van der Waals surface area (Å²) in [5.74, 6) is -1.71. The number of amides is 1. The Bertz CT molecular complexity index is 449. The maximum Gasteiger partial charge on any atom is 0.220 e. The molecule has 0 heterocycles. The Morgan fingerprint density at radius 2 is 2.00 bits per heavy atom. The highest BCUT2D eigenvalue weighted by Crippen LogP contribution is 2.11. The molecule has 0 aromatic heterocycles. The average molecular weight is 285 g/mol. The summed E-state index contributed by atoms with van der Waals surface area (Å²) >= 11 is 0. The number of rotatable bonds is 7. The van der Waals surface area contributed by atoms with Gasteiger partial charge in [-0.3, -0.25) is 4.79 Å². The summed E-state index contributed by atoms with van der Waals surface area (Å²) in [6.45, 7) is 3.96. The molecule has 0 saturated heterocycles. The van der Waals surface area contributed by atoms with Crippen LogP contribution in [0.15, 0.2) is 18.2 Å². The van der Waals surface area contributed by atoms with Crippen molar-refractivity contribution in [2.75, 3.05) is 6.61 Å². The molecule has 1 atom stereocenters. The molecule has 0 spiro atoms. The fraction of sp³-hybridized carbons (Fsp3) is 0.533. The van der Waals surface area contributed by atoms with E-state index in [1.807, 2.05) is 13.8 Å². The van der Waals surface area contributed by atoms with E-state index in [1.54, 1.807) is 0 Å². The maximum atomic E-state index is 13.0. The van der Waals surface area contributed by atoms with Crippen molar-refractivity contribution < 1.29 is 18.7 Å². The van der Waals surface area contributed by atoms with E-state index >= 15 is 0 Å². The second kappa shape index (κ2) is 7.94. The number of aliphatic hydroxyl groups excluding tert-OH is 1. The van der Waals surface area contributed by atoms with Gasteiger partial charge in [0.15, 0.2) is 11.6 Å². The Balaban J connectivity index is 2.48. The molecular weight excluding hydrogens is 264 g/mol. The second-order valence-electron chi connectivity index (χ2n) is 5.18. The molecule has 0 radical (unpaired) electrons. The SMILES string of the molecule is CC(C)C(CCO)NC(=O)CCc1ccc(F)c(F)c1. The van der Waals surface area contributed by atoms with Crippen molar-refractivity contribution in [3.63, 3.8) is 0 Å². The van der Waals surface area contributed by atoms with Crippen LogP contribution in [0.1, 0.15) is 32.3 Å². The Morgan fingerprint density at radius 1 is 1.30 bits per heavy atom.